The third-order valence-electron chi connectivity index (χ3n) is 6.69. The van der Waals surface area contributed by atoms with E-state index < -0.39 is 15.5 Å². The van der Waals surface area contributed by atoms with E-state index in [2.05, 4.69) is 15.4 Å². The van der Waals surface area contributed by atoms with E-state index in [4.69, 9.17) is 9.52 Å². The van der Waals surface area contributed by atoms with Crippen LogP contribution >= 0.6 is 0 Å². The molecule has 5 rings (SSSR count). The van der Waals surface area contributed by atoms with Gasteiger partial charge in [-0.3, -0.25) is 14.5 Å². The Kier molecular flexibility index (Phi) is 7.83. The van der Waals surface area contributed by atoms with Crippen molar-refractivity contribution < 1.29 is 18.1 Å². The van der Waals surface area contributed by atoms with Crippen molar-refractivity contribution in [3.63, 3.8) is 0 Å². The molecule has 0 aliphatic carbocycles. The molecule has 0 saturated carbocycles. The quantitative estimate of drug-likeness (QED) is 0.200. The summed E-state index contributed by atoms with van der Waals surface area (Å²) in [5, 5.41) is 7.60. The molecule has 0 aliphatic heterocycles. The fourth-order valence-electron chi connectivity index (χ4n) is 4.57. The first-order chi connectivity index (χ1) is 19.9. The lowest BCUT2D eigenvalue weighted by Crippen LogP contribution is -2.22. The number of benzene rings is 3. The van der Waals surface area contributed by atoms with Crippen LogP contribution in [0.5, 0.6) is 11.5 Å². The van der Waals surface area contributed by atoms with Crippen LogP contribution in [0.25, 0.3) is 10.9 Å². The molecule has 0 bridgehead atoms. The van der Waals surface area contributed by atoms with Crippen molar-refractivity contribution in [2.75, 3.05) is 5.32 Å². The van der Waals surface area contributed by atoms with Crippen molar-refractivity contribution in [3.8, 4) is 11.5 Å². The largest absolute Gasteiger partial charge is 0.453 e. The van der Waals surface area contributed by atoms with Crippen molar-refractivity contribution in [3.05, 3.63) is 108 Å². The predicted octanol–water partition coefficient (Wildman–Crippen LogP) is 7.21. The van der Waals surface area contributed by atoms with Gasteiger partial charge in [-0.25, -0.2) is 13.4 Å². The summed E-state index contributed by atoms with van der Waals surface area (Å²) in [5.74, 6) is -0.511. The van der Waals surface area contributed by atoms with E-state index in [1.54, 1.807) is 60.5 Å². The minimum atomic E-state index is -3.16. The number of fused-ring (bicyclic) bond motifs is 1. The minimum absolute atomic E-state index is 0.0133. The van der Waals surface area contributed by atoms with Gasteiger partial charge in [-0.05, 0) is 74.7 Å². The Labute approximate surface area is 244 Å². The molecular weight excluding hydrogens is 553 g/mol. The maximum atomic E-state index is 15.4. The first-order valence-corrected chi connectivity index (χ1v) is 15.1. The number of carbonyl (C=O) groups is 1. The summed E-state index contributed by atoms with van der Waals surface area (Å²) in [6, 6.07) is 18.8. The summed E-state index contributed by atoms with van der Waals surface area (Å²) < 4.78 is 45.1. The Bertz CT molecular complexity index is 1860. The summed E-state index contributed by atoms with van der Waals surface area (Å²) >= 11 is 0. The van der Waals surface area contributed by atoms with E-state index in [1.807, 2.05) is 51.1 Å². The number of nitrogens with one attached hydrogen (secondary N) is 2. The SMILES string of the molecule is Cc1cc(CC(=O)Nc2cnn(C(C)(C)C)c2)cc(F)c1Oc1ccnc2ccc(S(=N)(=O)Cc3ccccc3)cc12. The molecule has 2 heterocycles. The molecule has 0 radical (unpaired) electrons. The summed E-state index contributed by atoms with van der Waals surface area (Å²) in [7, 11) is -3.16. The highest BCUT2D eigenvalue weighted by Crippen LogP contribution is 2.35. The van der Waals surface area contributed by atoms with E-state index >= 15 is 4.39 Å². The number of aromatic nitrogens is 3. The predicted molar refractivity (Wildman–Crippen MR) is 162 cm³/mol. The number of hydrogen-bond acceptors (Lipinski definition) is 6. The van der Waals surface area contributed by atoms with Gasteiger partial charge in [0.05, 0.1) is 44.8 Å². The number of pyridine rings is 1. The molecule has 2 N–H and O–H groups in total. The first kappa shape index (κ1) is 28.9. The molecule has 42 heavy (non-hydrogen) atoms. The number of ether oxygens (including phenoxy) is 1. The van der Waals surface area contributed by atoms with E-state index in [-0.39, 0.29) is 29.4 Å². The third kappa shape index (κ3) is 6.49. The van der Waals surface area contributed by atoms with E-state index in [0.717, 1.165) is 5.56 Å². The number of rotatable bonds is 8. The molecule has 1 unspecified atom stereocenters. The number of hydrogen-bond donors (Lipinski definition) is 2. The standard InChI is InChI=1S/C32H32FN5O3S/c1-21-14-23(16-30(39)37-24-18-36-38(19-24)32(2,3)4)15-27(33)31(21)41-29-12-13-35-28-11-10-25(17-26(28)29)42(34,40)20-22-8-6-5-7-9-22/h5-15,17-19,34H,16,20H2,1-4H3,(H,37,39). The fraction of sp³-hybridized carbons (Fsp3) is 0.219. The zero-order valence-electron chi connectivity index (χ0n) is 23.8. The summed E-state index contributed by atoms with van der Waals surface area (Å²) in [5.41, 5.74) is 2.71. The van der Waals surface area contributed by atoms with Gasteiger partial charge in [-0.1, -0.05) is 36.4 Å². The van der Waals surface area contributed by atoms with Crippen LogP contribution in [0.3, 0.4) is 0 Å². The lowest BCUT2D eigenvalue weighted by Gasteiger charge is -2.18. The van der Waals surface area contributed by atoms with Crippen LogP contribution in [-0.4, -0.2) is 24.9 Å². The number of halogens is 1. The highest BCUT2D eigenvalue weighted by molar-refractivity contribution is 7.91. The van der Waals surface area contributed by atoms with Crippen LogP contribution in [0.2, 0.25) is 0 Å². The first-order valence-electron chi connectivity index (χ1n) is 13.4. The third-order valence-corrected chi connectivity index (χ3v) is 8.44. The molecule has 1 atom stereocenters. The van der Waals surface area contributed by atoms with Crippen LogP contribution in [0, 0.1) is 17.5 Å². The Balaban J connectivity index is 1.36. The number of carbonyl (C=O) groups excluding carboxylic acids is 1. The number of anilines is 1. The van der Waals surface area contributed by atoms with Crippen molar-refractivity contribution >= 4 is 32.2 Å². The molecule has 0 saturated heterocycles. The minimum Gasteiger partial charge on any atom is -0.453 e. The van der Waals surface area contributed by atoms with Crippen molar-refractivity contribution in [1.29, 1.82) is 4.78 Å². The van der Waals surface area contributed by atoms with Gasteiger partial charge < -0.3 is 10.1 Å². The molecule has 216 valence electrons. The second kappa shape index (κ2) is 11.4. The molecule has 8 nitrogen and oxygen atoms in total. The average molecular weight is 586 g/mol. The monoisotopic (exact) mass is 585 g/mol. The molecule has 10 heteroatoms. The van der Waals surface area contributed by atoms with Crippen LogP contribution in [-0.2, 0) is 32.2 Å². The summed E-state index contributed by atoms with van der Waals surface area (Å²) in [6.07, 6.45) is 4.86. The van der Waals surface area contributed by atoms with Gasteiger partial charge in [0.2, 0.25) is 5.91 Å². The van der Waals surface area contributed by atoms with E-state index in [9.17, 15) is 9.00 Å². The maximum absolute atomic E-state index is 15.4. The Morgan fingerprint density at radius 3 is 2.52 bits per heavy atom. The lowest BCUT2D eigenvalue weighted by molar-refractivity contribution is -0.115. The van der Waals surface area contributed by atoms with Crippen LogP contribution < -0.4 is 10.1 Å². The Hall–Kier alpha value is -4.57. The van der Waals surface area contributed by atoms with Crippen LogP contribution in [0.15, 0.2) is 90.2 Å². The number of amides is 1. The van der Waals surface area contributed by atoms with Crippen molar-refractivity contribution in [2.45, 2.75) is 50.3 Å². The highest BCUT2D eigenvalue weighted by atomic mass is 32.2. The normalized spacial score (nSPS) is 13.1. The van der Waals surface area contributed by atoms with Gasteiger partial charge in [0, 0.05) is 22.7 Å². The van der Waals surface area contributed by atoms with Crippen LogP contribution in [0.4, 0.5) is 10.1 Å². The van der Waals surface area contributed by atoms with Gasteiger partial charge in [0.1, 0.15) is 5.75 Å². The zero-order chi connectivity index (χ0) is 30.1. The smallest absolute Gasteiger partial charge is 0.228 e. The average Bonchev–Trinajstić information content (AvgIpc) is 3.40. The van der Waals surface area contributed by atoms with Gasteiger partial charge in [0.15, 0.2) is 11.6 Å². The molecule has 0 aliphatic rings. The van der Waals surface area contributed by atoms with Crippen molar-refractivity contribution in [1.82, 2.24) is 14.8 Å². The van der Waals surface area contributed by atoms with Crippen LogP contribution in [0.1, 0.15) is 37.5 Å². The molecule has 2 aromatic heterocycles. The molecule has 0 fully saturated rings. The molecule has 3 aromatic carbocycles. The van der Waals surface area contributed by atoms with Gasteiger partial charge in [-0.2, -0.15) is 5.10 Å². The lowest BCUT2D eigenvalue weighted by atomic mass is 10.1. The zero-order valence-corrected chi connectivity index (χ0v) is 24.7. The van der Waals surface area contributed by atoms with E-state index in [1.165, 1.54) is 6.07 Å². The van der Waals surface area contributed by atoms with Crippen molar-refractivity contribution in [2.24, 2.45) is 0 Å². The van der Waals surface area contributed by atoms with Gasteiger partial charge >= 0.3 is 0 Å². The summed E-state index contributed by atoms with van der Waals surface area (Å²) in [4.78, 5) is 17.4. The second-order valence-electron chi connectivity index (χ2n) is 11.2. The van der Waals surface area contributed by atoms with Gasteiger partial charge in [-0.15, -0.1) is 0 Å². The molecule has 5 aromatic rings. The Morgan fingerprint density at radius 1 is 1.07 bits per heavy atom. The van der Waals surface area contributed by atoms with E-state index in [0.29, 0.717) is 38.4 Å². The highest BCUT2D eigenvalue weighted by Gasteiger charge is 2.18. The number of aryl methyl sites for hydroxylation is 1. The van der Waals surface area contributed by atoms with Gasteiger partial charge in [0.25, 0.3) is 0 Å². The fourth-order valence-corrected chi connectivity index (χ4v) is 6.00. The second-order valence-corrected chi connectivity index (χ2v) is 13.3. The molecular formula is C32H32FN5O3S. The maximum Gasteiger partial charge on any atom is 0.228 e. The number of nitrogens with zero attached hydrogens (tertiary/aromatic N) is 3. The topological polar surface area (TPSA) is 110 Å². The Morgan fingerprint density at radius 2 is 1.83 bits per heavy atom. The molecule has 1 amide bonds. The molecule has 0 spiro atoms. The summed E-state index contributed by atoms with van der Waals surface area (Å²) in [6.45, 7) is 7.73.